The van der Waals surface area contributed by atoms with E-state index >= 15 is 0 Å². The molecule has 15 heteroatoms. The van der Waals surface area contributed by atoms with Crippen LogP contribution in [0.3, 0.4) is 0 Å². The summed E-state index contributed by atoms with van der Waals surface area (Å²) in [6, 6.07) is -1.26. The average molecular weight is 795 g/mol. The third-order valence-electron chi connectivity index (χ3n) is 10.2. The van der Waals surface area contributed by atoms with Crippen molar-refractivity contribution in [3.8, 4) is 0 Å². The van der Waals surface area contributed by atoms with Crippen LogP contribution in [0.25, 0.3) is 0 Å². The van der Waals surface area contributed by atoms with Gasteiger partial charge < -0.3 is 42.4 Å². The number of unbranched alkanes of at least 4 members (excludes halogenated alkanes) is 17. The highest BCUT2D eigenvalue weighted by Crippen LogP contribution is 2.14. The van der Waals surface area contributed by atoms with Crippen LogP contribution in [-0.4, -0.2) is 91.5 Å². The highest BCUT2D eigenvalue weighted by Gasteiger charge is 2.21. The number of hydrogen-bond acceptors (Lipinski definition) is 8. The maximum absolute atomic E-state index is 12.3. The zero-order chi connectivity index (χ0) is 41.7. The molecular formula is C41H79BN6O8. The van der Waals surface area contributed by atoms with E-state index in [1.807, 2.05) is 7.98 Å². The predicted octanol–water partition coefficient (Wildman–Crippen LogP) is 4.77. The first kappa shape index (κ1) is 52.8. The highest BCUT2D eigenvalue weighted by molar-refractivity contribution is 6.04. The molecule has 0 rings (SSSR count). The Bertz CT molecular complexity index is 1070. The summed E-state index contributed by atoms with van der Waals surface area (Å²) < 4.78 is 0. The number of carbonyl (C=O) groups is 6. The largest absolute Gasteiger partial charge is 0.481 e. The summed E-state index contributed by atoms with van der Waals surface area (Å²) in [6.07, 6.45) is 23.5. The minimum Gasteiger partial charge on any atom is -0.481 e. The van der Waals surface area contributed by atoms with Crippen molar-refractivity contribution in [2.45, 2.75) is 205 Å². The Kier molecular flexibility index (Phi) is 35.3. The molecule has 0 aromatic heterocycles. The first-order valence-electron chi connectivity index (χ1n) is 21.9. The molecule has 0 saturated heterocycles. The van der Waals surface area contributed by atoms with E-state index in [-0.39, 0.29) is 49.3 Å². The molecule has 324 valence electrons. The van der Waals surface area contributed by atoms with Crippen molar-refractivity contribution in [2.75, 3.05) is 19.6 Å². The molecule has 4 amide bonds. The summed E-state index contributed by atoms with van der Waals surface area (Å²) in [5.74, 6) is -2.61. The fourth-order valence-corrected chi connectivity index (χ4v) is 6.39. The van der Waals surface area contributed by atoms with Gasteiger partial charge in [-0.15, -0.1) is 0 Å². The van der Waals surface area contributed by atoms with Crippen molar-refractivity contribution in [3.05, 3.63) is 0 Å². The van der Waals surface area contributed by atoms with Crippen LogP contribution in [0, 0.1) is 0 Å². The Morgan fingerprint density at radius 2 is 0.911 bits per heavy atom. The molecule has 14 nitrogen and oxygen atoms in total. The number of rotatable bonds is 40. The second kappa shape index (κ2) is 37.4. The van der Waals surface area contributed by atoms with E-state index in [0.29, 0.717) is 57.8 Å². The summed E-state index contributed by atoms with van der Waals surface area (Å²) in [5, 5.41) is 32.5. The SMILES string of the molecule is BNC(C)CCCCNC(=O)CCCCCNC(=O)C(N)CCCCNC(=O)CC[C@H](NC(=O)CCCCCCCCCCCCCCCCC(=O)O)C(=O)O. The van der Waals surface area contributed by atoms with Gasteiger partial charge in [0.05, 0.1) is 6.04 Å². The molecule has 0 aromatic rings. The maximum atomic E-state index is 12.3. The second-order valence-corrected chi connectivity index (χ2v) is 15.4. The predicted molar refractivity (Wildman–Crippen MR) is 225 cm³/mol. The molecule has 0 aliphatic carbocycles. The summed E-state index contributed by atoms with van der Waals surface area (Å²) in [7, 11) is 1.95. The lowest BCUT2D eigenvalue weighted by atomic mass is 10.0. The quantitative estimate of drug-likeness (QED) is 0.0313. The summed E-state index contributed by atoms with van der Waals surface area (Å²) in [5.41, 5.74) is 6.02. The zero-order valence-corrected chi connectivity index (χ0v) is 35.1. The fraction of sp³-hybridized carbons (Fsp3) is 0.854. The van der Waals surface area contributed by atoms with Crippen molar-refractivity contribution < 1.29 is 39.0 Å². The topological polar surface area (TPSA) is 229 Å². The number of carboxylic acid groups (broad SMARTS) is 2. The number of hydrogen-bond donors (Lipinski definition) is 8. The molecule has 9 N–H and O–H groups in total. The van der Waals surface area contributed by atoms with Crippen molar-refractivity contribution >= 4 is 43.5 Å². The lowest BCUT2D eigenvalue weighted by Gasteiger charge is -2.15. The maximum Gasteiger partial charge on any atom is 0.326 e. The van der Waals surface area contributed by atoms with Gasteiger partial charge in [-0.1, -0.05) is 96.8 Å². The van der Waals surface area contributed by atoms with E-state index in [2.05, 4.69) is 33.4 Å². The molecule has 0 aromatic carbocycles. The van der Waals surface area contributed by atoms with Gasteiger partial charge in [0, 0.05) is 45.3 Å². The third kappa shape index (κ3) is 35.2. The van der Waals surface area contributed by atoms with Gasteiger partial charge in [0.25, 0.3) is 0 Å². The van der Waals surface area contributed by atoms with E-state index in [4.69, 9.17) is 10.8 Å². The standard InChI is InChI=1S/C41H79BN6O8/c1-33(48-42)23-18-21-30-44-36(49)25-16-14-20-32-46-40(54)34(43)24-19-22-31-45-37(50)29-28-35(41(55)56)47-38(51)26-15-12-10-8-6-4-2-3-5-7-9-11-13-17-27-39(52)53/h33-35,48H,2-32,42-43H2,1H3,(H,44,49)(H,45,50)(H,46,54)(H,47,51)(H,52,53)(H,55,56)/t33?,34?,35-/m0/s1. The number of aliphatic carboxylic acids is 2. The van der Waals surface area contributed by atoms with Crippen molar-refractivity contribution in [3.63, 3.8) is 0 Å². The highest BCUT2D eigenvalue weighted by atomic mass is 16.4. The molecule has 0 saturated carbocycles. The number of amides is 4. The van der Waals surface area contributed by atoms with E-state index in [1.54, 1.807) is 0 Å². The molecule has 3 atom stereocenters. The normalized spacial score (nSPS) is 12.7. The van der Waals surface area contributed by atoms with Gasteiger partial charge in [0.2, 0.25) is 23.6 Å². The minimum atomic E-state index is -1.16. The van der Waals surface area contributed by atoms with Gasteiger partial charge in [-0.05, 0) is 70.3 Å². The molecule has 0 bridgehead atoms. The Balaban J connectivity index is 3.79. The van der Waals surface area contributed by atoms with Crippen LogP contribution in [0.4, 0.5) is 0 Å². The molecule has 56 heavy (non-hydrogen) atoms. The number of nitrogens with one attached hydrogen (secondary N) is 5. The van der Waals surface area contributed by atoms with Gasteiger partial charge in [-0.3, -0.25) is 24.0 Å². The number of nitrogens with two attached hydrogens (primary N) is 1. The van der Waals surface area contributed by atoms with Crippen LogP contribution in [0.5, 0.6) is 0 Å². The first-order valence-corrected chi connectivity index (χ1v) is 21.9. The molecular weight excluding hydrogens is 715 g/mol. The van der Waals surface area contributed by atoms with Crippen LogP contribution in [0.15, 0.2) is 0 Å². The van der Waals surface area contributed by atoms with Crippen molar-refractivity contribution in [1.82, 2.24) is 26.5 Å². The number of carboxylic acids is 2. The van der Waals surface area contributed by atoms with Gasteiger partial charge in [0.1, 0.15) is 6.04 Å². The van der Waals surface area contributed by atoms with E-state index in [9.17, 15) is 33.9 Å². The monoisotopic (exact) mass is 795 g/mol. The van der Waals surface area contributed by atoms with Crippen molar-refractivity contribution in [1.29, 1.82) is 0 Å². The van der Waals surface area contributed by atoms with Crippen LogP contribution in [-0.2, 0) is 28.8 Å². The molecule has 0 radical (unpaired) electrons. The van der Waals surface area contributed by atoms with E-state index in [0.717, 1.165) is 77.0 Å². The molecule has 0 fully saturated rings. The molecule has 0 heterocycles. The molecule has 0 aliphatic rings. The van der Waals surface area contributed by atoms with Gasteiger partial charge in [-0.25, -0.2) is 4.79 Å². The average Bonchev–Trinajstić information content (AvgIpc) is 3.16. The fourth-order valence-electron chi connectivity index (χ4n) is 6.39. The van der Waals surface area contributed by atoms with Gasteiger partial charge in [-0.2, -0.15) is 0 Å². The van der Waals surface area contributed by atoms with Crippen LogP contribution >= 0.6 is 0 Å². The van der Waals surface area contributed by atoms with E-state index in [1.165, 1.54) is 44.9 Å². The Morgan fingerprint density at radius 1 is 0.500 bits per heavy atom. The van der Waals surface area contributed by atoms with Gasteiger partial charge in [0.15, 0.2) is 7.98 Å². The third-order valence-corrected chi connectivity index (χ3v) is 10.2. The number of carbonyl (C=O) groups excluding carboxylic acids is 4. The Morgan fingerprint density at radius 3 is 1.41 bits per heavy atom. The van der Waals surface area contributed by atoms with Gasteiger partial charge >= 0.3 is 11.9 Å². The Hall–Kier alpha value is -3.20. The second-order valence-electron chi connectivity index (χ2n) is 15.4. The molecule has 2 unspecified atom stereocenters. The summed E-state index contributed by atoms with van der Waals surface area (Å²) in [4.78, 5) is 71.1. The molecule has 0 spiro atoms. The zero-order valence-electron chi connectivity index (χ0n) is 35.1. The van der Waals surface area contributed by atoms with E-state index < -0.39 is 24.0 Å². The van der Waals surface area contributed by atoms with Crippen LogP contribution in [0.1, 0.15) is 187 Å². The lowest BCUT2D eigenvalue weighted by molar-refractivity contribution is -0.142. The molecule has 0 aliphatic heterocycles. The lowest BCUT2D eigenvalue weighted by Crippen LogP contribution is -2.41. The van der Waals surface area contributed by atoms with Crippen LogP contribution in [0.2, 0.25) is 0 Å². The smallest absolute Gasteiger partial charge is 0.326 e. The van der Waals surface area contributed by atoms with Crippen LogP contribution < -0.4 is 32.2 Å². The summed E-state index contributed by atoms with van der Waals surface area (Å²) in [6.45, 7) is 3.75. The summed E-state index contributed by atoms with van der Waals surface area (Å²) >= 11 is 0. The Labute approximate surface area is 338 Å². The van der Waals surface area contributed by atoms with Crippen molar-refractivity contribution in [2.24, 2.45) is 5.73 Å². The first-order chi connectivity index (χ1) is 27.0. The minimum absolute atomic E-state index is 0.00876.